The van der Waals surface area contributed by atoms with Crippen LogP contribution in [0.2, 0.25) is 0 Å². The van der Waals surface area contributed by atoms with Gasteiger partial charge < -0.3 is 29.2 Å². The van der Waals surface area contributed by atoms with Gasteiger partial charge in [0.15, 0.2) is 5.82 Å². The van der Waals surface area contributed by atoms with E-state index in [4.69, 9.17) is 4.74 Å². The number of benzene rings is 1. The van der Waals surface area contributed by atoms with Crippen LogP contribution in [-0.2, 0) is 19.1 Å². The first-order valence-corrected chi connectivity index (χ1v) is 18.4. The first-order valence-electron chi connectivity index (χ1n) is 18.4. The molecule has 3 amide bonds. The van der Waals surface area contributed by atoms with E-state index in [9.17, 15) is 14.0 Å². The Morgan fingerprint density at radius 1 is 0.920 bits per heavy atom. The molecule has 0 radical (unpaired) electrons. The molecule has 1 unspecified atom stereocenters. The van der Waals surface area contributed by atoms with Crippen LogP contribution in [0.1, 0.15) is 63.4 Å². The highest BCUT2D eigenvalue weighted by Gasteiger charge is 2.51. The fraction of sp³-hybridized carbons (Fsp3) is 0.649. The lowest BCUT2D eigenvalue weighted by Gasteiger charge is -2.41. The molecule has 50 heavy (non-hydrogen) atoms. The molecule has 0 spiro atoms. The number of carbonyl (C=O) groups is 3. The van der Waals surface area contributed by atoms with Crippen LogP contribution < -0.4 is 4.90 Å². The third-order valence-corrected chi connectivity index (χ3v) is 11.8. The Morgan fingerprint density at radius 2 is 1.70 bits per heavy atom. The maximum atomic E-state index is 15.4. The smallest absolute Gasteiger partial charge is 0.252 e. The van der Waals surface area contributed by atoms with Crippen molar-refractivity contribution in [1.29, 1.82) is 0 Å². The number of amides is 3. The minimum Gasteiger partial charge on any atom is -0.368 e. The van der Waals surface area contributed by atoms with E-state index in [-0.39, 0.29) is 55.0 Å². The van der Waals surface area contributed by atoms with Crippen molar-refractivity contribution in [3.63, 3.8) is 0 Å². The molecule has 1 saturated carbocycles. The Kier molecular flexibility index (Phi) is 10.3. The number of likely N-dealkylation sites (tertiary alicyclic amines) is 1. The maximum Gasteiger partial charge on any atom is 0.252 e. The van der Waals surface area contributed by atoms with Gasteiger partial charge in [0.2, 0.25) is 11.8 Å². The van der Waals surface area contributed by atoms with Gasteiger partial charge in [-0.3, -0.25) is 14.4 Å². The normalized spacial score (nSPS) is 30.6. The molecule has 0 N–H and O–H groups in total. The van der Waals surface area contributed by atoms with E-state index < -0.39 is 35.6 Å². The molecule has 1 aromatic carbocycles. The van der Waals surface area contributed by atoms with Gasteiger partial charge in [0, 0.05) is 76.6 Å². The molecule has 11 nitrogen and oxygen atoms in total. The molecule has 5 aliphatic rings. The van der Waals surface area contributed by atoms with Crippen LogP contribution in [0, 0.1) is 23.5 Å². The minimum absolute atomic E-state index is 0.0158. The van der Waals surface area contributed by atoms with Crippen LogP contribution >= 0.6 is 0 Å². The van der Waals surface area contributed by atoms with Gasteiger partial charge in [-0.05, 0) is 81.7 Å². The van der Waals surface area contributed by atoms with Gasteiger partial charge >= 0.3 is 0 Å². The van der Waals surface area contributed by atoms with Crippen LogP contribution in [0.25, 0.3) is 0 Å². The first-order chi connectivity index (χ1) is 24.2. The van der Waals surface area contributed by atoms with Crippen molar-refractivity contribution in [2.45, 2.75) is 82.0 Å². The zero-order chi connectivity index (χ0) is 34.9. The summed E-state index contributed by atoms with van der Waals surface area (Å²) in [6, 6.07) is 5.94. The Hall–Kier alpha value is -3.71. The minimum atomic E-state index is -0.762. The Balaban J connectivity index is 1.23. The highest BCUT2D eigenvalue weighted by atomic mass is 19.1. The molecule has 2 aromatic rings. The van der Waals surface area contributed by atoms with E-state index in [1.54, 1.807) is 23.2 Å². The molecular formula is C37H49F2N7O4. The average Bonchev–Trinajstić information content (AvgIpc) is 3.91. The van der Waals surface area contributed by atoms with Crippen LogP contribution in [0.3, 0.4) is 0 Å². The quantitative estimate of drug-likeness (QED) is 0.436. The number of likely N-dealkylation sites (N-methyl/N-ethyl adjacent to an activating group) is 1. The topological polar surface area (TPSA) is 102 Å². The molecule has 5 atom stereocenters. The van der Waals surface area contributed by atoms with Gasteiger partial charge in [0.05, 0.1) is 12.0 Å². The number of nitrogens with zero attached hydrogens (tertiary/aromatic N) is 7. The Morgan fingerprint density at radius 3 is 2.38 bits per heavy atom. The highest BCUT2D eigenvalue weighted by Crippen LogP contribution is 2.40. The molecule has 5 heterocycles. The van der Waals surface area contributed by atoms with Crippen LogP contribution in [0.4, 0.5) is 14.6 Å². The van der Waals surface area contributed by atoms with Crippen molar-refractivity contribution in [3.8, 4) is 0 Å². The maximum absolute atomic E-state index is 15.4. The van der Waals surface area contributed by atoms with Crippen molar-refractivity contribution < 1.29 is 27.9 Å². The van der Waals surface area contributed by atoms with Crippen molar-refractivity contribution >= 4 is 23.5 Å². The molecule has 4 aliphatic heterocycles. The van der Waals surface area contributed by atoms with Crippen LogP contribution in [0.15, 0.2) is 36.5 Å². The number of anilines is 1. The lowest BCUT2D eigenvalue weighted by atomic mass is 9.85. The second-order valence-electron chi connectivity index (χ2n) is 15.1. The SMILES string of the molecule is CC1CCC(N(C(=O)C2CCCO2)[C@H]2C[C@H](C(=O)N3CCN(C)CC3)N(C(=O)[C@H]3CN(c4cccnn4)C[C@H]3c3ccc(F)cc3F)C2)CC1. The largest absolute Gasteiger partial charge is 0.368 e. The number of halogens is 2. The van der Waals surface area contributed by atoms with Crippen molar-refractivity contribution in [2.75, 3.05) is 64.4 Å². The Labute approximate surface area is 292 Å². The van der Waals surface area contributed by atoms with E-state index in [0.29, 0.717) is 44.3 Å². The monoisotopic (exact) mass is 693 g/mol. The summed E-state index contributed by atoms with van der Waals surface area (Å²) in [4.78, 5) is 53.3. The zero-order valence-corrected chi connectivity index (χ0v) is 29.1. The van der Waals surface area contributed by atoms with E-state index in [2.05, 4.69) is 22.0 Å². The summed E-state index contributed by atoms with van der Waals surface area (Å²) in [5, 5.41) is 8.26. The lowest BCUT2D eigenvalue weighted by Crippen LogP contribution is -2.54. The summed E-state index contributed by atoms with van der Waals surface area (Å²) in [7, 11) is 2.03. The Bertz CT molecular complexity index is 1530. The first kappa shape index (κ1) is 34.7. The number of ether oxygens (including phenoxy) is 1. The molecule has 7 rings (SSSR count). The molecule has 13 heteroatoms. The van der Waals surface area contributed by atoms with Crippen LogP contribution in [0.5, 0.6) is 0 Å². The predicted octanol–water partition coefficient (Wildman–Crippen LogP) is 3.30. The molecule has 5 fully saturated rings. The summed E-state index contributed by atoms with van der Waals surface area (Å²) in [6.07, 6.45) is 6.69. The average molecular weight is 694 g/mol. The van der Waals surface area contributed by atoms with E-state index in [1.165, 1.54) is 12.1 Å². The summed E-state index contributed by atoms with van der Waals surface area (Å²) in [5.74, 6) is -2.02. The predicted molar refractivity (Wildman–Crippen MR) is 182 cm³/mol. The number of aromatic nitrogens is 2. The second kappa shape index (κ2) is 14.9. The number of rotatable bonds is 7. The van der Waals surface area contributed by atoms with Crippen molar-refractivity contribution in [1.82, 2.24) is 29.8 Å². The fourth-order valence-corrected chi connectivity index (χ4v) is 8.88. The molecule has 1 aromatic heterocycles. The summed E-state index contributed by atoms with van der Waals surface area (Å²) in [6.45, 7) is 6.11. The molecular weight excluding hydrogens is 644 g/mol. The van der Waals surface area contributed by atoms with E-state index in [0.717, 1.165) is 51.3 Å². The molecule has 0 bridgehead atoms. The fourth-order valence-electron chi connectivity index (χ4n) is 8.88. The van der Waals surface area contributed by atoms with E-state index >= 15 is 9.18 Å². The van der Waals surface area contributed by atoms with Gasteiger partial charge in [-0.25, -0.2) is 8.78 Å². The van der Waals surface area contributed by atoms with Gasteiger partial charge in [0.1, 0.15) is 23.8 Å². The lowest BCUT2D eigenvalue weighted by molar-refractivity contribution is -0.148. The van der Waals surface area contributed by atoms with E-state index in [1.807, 2.05) is 21.7 Å². The zero-order valence-electron chi connectivity index (χ0n) is 29.1. The van der Waals surface area contributed by atoms with Crippen LogP contribution in [-0.4, -0.2) is 131 Å². The number of piperazine rings is 1. The third kappa shape index (κ3) is 7.08. The van der Waals surface area contributed by atoms with Gasteiger partial charge in [0.25, 0.3) is 5.91 Å². The molecule has 270 valence electrons. The summed E-state index contributed by atoms with van der Waals surface area (Å²) < 4.78 is 35.4. The summed E-state index contributed by atoms with van der Waals surface area (Å²) in [5.41, 5.74) is 0.250. The number of hydrogen-bond acceptors (Lipinski definition) is 8. The summed E-state index contributed by atoms with van der Waals surface area (Å²) >= 11 is 0. The molecule has 4 saturated heterocycles. The second-order valence-corrected chi connectivity index (χ2v) is 15.1. The highest BCUT2D eigenvalue weighted by molar-refractivity contribution is 5.91. The number of carbonyl (C=O) groups excluding carboxylic acids is 3. The van der Waals surface area contributed by atoms with Gasteiger partial charge in [-0.2, -0.15) is 5.10 Å². The van der Waals surface area contributed by atoms with Gasteiger partial charge in [-0.15, -0.1) is 5.10 Å². The standard InChI is InChI=1S/C37H49F2N7O4/c1-24-7-10-26(11-8-24)46(37(49)33-5-4-18-50-33)27-20-32(36(48)43-16-14-42(2)15-17-43)45(21-27)35(47)30-23-44(34-6-3-13-40-41-34)22-29(30)28-12-9-25(38)19-31(28)39/h3,6,9,12-13,19,24,26-27,29-30,32-33H,4-5,7-8,10-11,14-18,20-23H2,1-2H3/t24?,26?,27-,29-,30-,32+,33?/m0/s1. The van der Waals surface area contributed by atoms with Crippen molar-refractivity contribution in [2.24, 2.45) is 11.8 Å². The van der Waals surface area contributed by atoms with Crippen molar-refractivity contribution in [3.05, 3.63) is 53.7 Å². The molecule has 1 aliphatic carbocycles. The number of hydrogen-bond donors (Lipinski definition) is 0. The van der Waals surface area contributed by atoms with Gasteiger partial charge in [-0.1, -0.05) is 13.0 Å². The third-order valence-electron chi connectivity index (χ3n) is 11.8.